The van der Waals surface area contributed by atoms with E-state index in [9.17, 15) is 9.59 Å². The van der Waals surface area contributed by atoms with E-state index in [1.807, 2.05) is 49.4 Å². The van der Waals surface area contributed by atoms with Crippen LogP contribution in [-0.2, 0) is 6.54 Å². The molecule has 0 fully saturated rings. The van der Waals surface area contributed by atoms with Gasteiger partial charge in [0.05, 0.1) is 30.7 Å². The number of nitrogens with zero attached hydrogens (tertiary/aromatic N) is 1. The van der Waals surface area contributed by atoms with E-state index in [4.69, 9.17) is 25.5 Å². The summed E-state index contributed by atoms with van der Waals surface area (Å²) in [5.41, 5.74) is 3.17. The summed E-state index contributed by atoms with van der Waals surface area (Å²) in [5.74, 6) is 0.891. The summed E-state index contributed by atoms with van der Waals surface area (Å²) in [5, 5.41) is 0.766. The number of hydrogen-bond donors (Lipinski definition) is 0. The normalized spacial score (nSPS) is 14.7. The fourth-order valence-electron chi connectivity index (χ4n) is 4.90. The van der Waals surface area contributed by atoms with Crippen LogP contribution < -0.4 is 14.9 Å². The molecule has 196 valence electrons. The number of fused-ring (bicyclic) bond motifs is 2. The van der Waals surface area contributed by atoms with Crippen molar-refractivity contribution >= 4 is 28.5 Å². The van der Waals surface area contributed by atoms with Crippen LogP contribution >= 0.6 is 11.6 Å². The van der Waals surface area contributed by atoms with Crippen LogP contribution in [0.1, 0.15) is 65.0 Å². The van der Waals surface area contributed by atoms with Gasteiger partial charge in [0.25, 0.3) is 5.91 Å². The van der Waals surface area contributed by atoms with E-state index >= 15 is 0 Å². The summed E-state index contributed by atoms with van der Waals surface area (Å²) in [4.78, 5) is 29.2. The molecule has 1 aliphatic heterocycles. The Kier molecular flexibility index (Phi) is 7.43. The standard InChI is InChI=1S/C31H30ClNO5/c1-4-5-6-15-37-25-13-11-21(16-26(25)36-3)28-27-29(34)23-17-22(32)12-14-24(23)38-30(27)31(35)33(28)18-20-9-7-19(2)8-10-20/h7-14,16-17,28H,4-6,15,18H2,1-3H3. The molecule has 0 spiro atoms. The second kappa shape index (κ2) is 10.9. The lowest BCUT2D eigenvalue weighted by Gasteiger charge is -2.26. The smallest absolute Gasteiger partial charge is 0.291 e. The SMILES string of the molecule is CCCCCOc1ccc(C2c3c(oc4ccc(Cl)cc4c3=O)C(=O)N2Cc2ccc(C)cc2)cc1OC. The molecular formula is C31H30ClNO5. The first-order valence-corrected chi connectivity index (χ1v) is 13.2. The molecule has 0 N–H and O–H groups in total. The molecule has 38 heavy (non-hydrogen) atoms. The highest BCUT2D eigenvalue weighted by atomic mass is 35.5. The zero-order valence-corrected chi connectivity index (χ0v) is 22.5. The van der Waals surface area contributed by atoms with Gasteiger partial charge in [0.15, 0.2) is 16.9 Å². The number of unbranched alkanes of at least 4 members (excludes halogenated alkanes) is 2. The third kappa shape index (κ3) is 4.88. The highest BCUT2D eigenvalue weighted by Gasteiger charge is 2.43. The molecule has 0 saturated carbocycles. The van der Waals surface area contributed by atoms with Crippen LogP contribution in [0, 0.1) is 6.92 Å². The number of benzene rings is 3. The maximum Gasteiger partial charge on any atom is 0.291 e. The van der Waals surface area contributed by atoms with E-state index in [-0.39, 0.29) is 17.1 Å². The number of halogens is 1. The van der Waals surface area contributed by atoms with Crippen LogP contribution in [0.25, 0.3) is 11.0 Å². The monoisotopic (exact) mass is 531 g/mol. The third-order valence-electron chi connectivity index (χ3n) is 6.91. The van der Waals surface area contributed by atoms with Crippen LogP contribution in [0.3, 0.4) is 0 Å². The fraction of sp³-hybridized carbons (Fsp3) is 0.290. The number of aryl methyl sites for hydroxylation is 1. The van der Waals surface area contributed by atoms with Gasteiger partial charge in [-0.15, -0.1) is 0 Å². The number of carbonyl (C=O) groups excluding carboxylic acids is 1. The van der Waals surface area contributed by atoms with Crippen molar-refractivity contribution in [1.29, 1.82) is 0 Å². The first-order chi connectivity index (χ1) is 18.4. The lowest BCUT2D eigenvalue weighted by atomic mass is 9.97. The molecule has 0 saturated heterocycles. The topological polar surface area (TPSA) is 69.0 Å². The van der Waals surface area contributed by atoms with Gasteiger partial charge in [0, 0.05) is 11.6 Å². The highest BCUT2D eigenvalue weighted by molar-refractivity contribution is 6.31. The van der Waals surface area contributed by atoms with Gasteiger partial charge in [0.1, 0.15) is 5.58 Å². The summed E-state index contributed by atoms with van der Waals surface area (Å²) in [6, 6.07) is 17.7. The summed E-state index contributed by atoms with van der Waals surface area (Å²) in [6.45, 7) is 5.05. The molecule has 1 aliphatic rings. The van der Waals surface area contributed by atoms with E-state index in [2.05, 4.69) is 6.92 Å². The first kappa shape index (κ1) is 25.9. The Morgan fingerprint density at radius 2 is 1.76 bits per heavy atom. The minimum Gasteiger partial charge on any atom is -0.493 e. The Labute approximate surface area is 226 Å². The third-order valence-corrected chi connectivity index (χ3v) is 7.15. The molecule has 1 atom stereocenters. The quantitative estimate of drug-likeness (QED) is 0.216. The molecule has 2 heterocycles. The van der Waals surface area contributed by atoms with E-state index in [1.165, 1.54) is 0 Å². The van der Waals surface area contributed by atoms with Crippen molar-refractivity contribution in [2.75, 3.05) is 13.7 Å². The number of carbonyl (C=O) groups is 1. The van der Waals surface area contributed by atoms with Crippen LogP contribution in [0.2, 0.25) is 5.02 Å². The van der Waals surface area contributed by atoms with Crippen molar-refractivity contribution in [3.05, 3.63) is 104 Å². The second-order valence-corrected chi connectivity index (χ2v) is 10.0. The first-order valence-electron chi connectivity index (χ1n) is 12.8. The van der Waals surface area contributed by atoms with Crippen LogP contribution in [0.5, 0.6) is 11.5 Å². The molecular weight excluding hydrogens is 502 g/mol. The maximum atomic E-state index is 13.8. The largest absolute Gasteiger partial charge is 0.493 e. The highest BCUT2D eigenvalue weighted by Crippen LogP contribution is 2.42. The summed E-state index contributed by atoms with van der Waals surface area (Å²) >= 11 is 6.20. The Morgan fingerprint density at radius 1 is 0.974 bits per heavy atom. The van der Waals surface area contributed by atoms with Gasteiger partial charge in [0.2, 0.25) is 5.76 Å². The lowest BCUT2D eigenvalue weighted by molar-refractivity contribution is 0.0714. The predicted octanol–water partition coefficient (Wildman–Crippen LogP) is 7.08. The predicted molar refractivity (Wildman–Crippen MR) is 148 cm³/mol. The zero-order valence-electron chi connectivity index (χ0n) is 21.8. The van der Waals surface area contributed by atoms with Crippen LogP contribution in [0.4, 0.5) is 0 Å². The molecule has 0 bridgehead atoms. The van der Waals surface area contributed by atoms with Crippen molar-refractivity contribution in [1.82, 2.24) is 4.90 Å². The van der Waals surface area contributed by atoms with Crippen molar-refractivity contribution < 1.29 is 18.7 Å². The van der Waals surface area contributed by atoms with Crippen LogP contribution in [-0.4, -0.2) is 24.5 Å². The van der Waals surface area contributed by atoms with Gasteiger partial charge in [-0.3, -0.25) is 9.59 Å². The number of hydrogen-bond acceptors (Lipinski definition) is 5. The summed E-state index contributed by atoms with van der Waals surface area (Å²) in [7, 11) is 1.58. The number of ether oxygens (including phenoxy) is 2. The molecule has 7 heteroatoms. The fourth-order valence-corrected chi connectivity index (χ4v) is 5.07. The van der Waals surface area contributed by atoms with Crippen LogP contribution in [0.15, 0.2) is 69.9 Å². The van der Waals surface area contributed by atoms with Crippen molar-refractivity contribution in [3.8, 4) is 11.5 Å². The maximum absolute atomic E-state index is 13.8. The van der Waals surface area contributed by atoms with E-state index in [0.717, 1.165) is 36.0 Å². The lowest BCUT2D eigenvalue weighted by Crippen LogP contribution is -2.29. The van der Waals surface area contributed by atoms with E-state index in [0.29, 0.717) is 46.2 Å². The van der Waals surface area contributed by atoms with E-state index < -0.39 is 6.04 Å². The van der Waals surface area contributed by atoms with Gasteiger partial charge in [-0.2, -0.15) is 0 Å². The van der Waals surface area contributed by atoms with Crippen molar-refractivity contribution in [3.63, 3.8) is 0 Å². The molecule has 0 radical (unpaired) electrons. The minimum absolute atomic E-state index is 0.0563. The van der Waals surface area contributed by atoms with Gasteiger partial charge >= 0.3 is 0 Å². The molecule has 1 unspecified atom stereocenters. The van der Waals surface area contributed by atoms with Crippen molar-refractivity contribution in [2.45, 2.75) is 45.7 Å². The zero-order chi connectivity index (χ0) is 26.8. The van der Waals surface area contributed by atoms with Gasteiger partial charge in [-0.05, 0) is 54.8 Å². The minimum atomic E-state index is -0.665. The van der Waals surface area contributed by atoms with Gasteiger partial charge < -0.3 is 18.8 Å². The molecule has 3 aromatic carbocycles. The van der Waals surface area contributed by atoms with Gasteiger partial charge in [-0.25, -0.2) is 0 Å². The summed E-state index contributed by atoms with van der Waals surface area (Å²) < 4.78 is 17.7. The number of rotatable bonds is 9. The Bertz CT molecular complexity index is 1540. The number of amides is 1. The Morgan fingerprint density at radius 3 is 2.50 bits per heavy atom. The molecule has 1 aromatic heterocycles. The molecule has 4 aromatic rings. The Hall–Kier alpha value is -3.77. The van der Waals surface area contributed by atoms with Gasteiger partial charge in [-0.1, -0.05) is 67.3 Å². The Balaban J connectivity index is 1.62. The summed E-state index contributed by atoms with van der Waals surface area (Å²) in [6.07, 6.45) is 3.14. The molecule has 1 amide bonds. The average molecular weight is 532 g/mol. The molecule has 5 rings (SSSR count). The average Bonchev–Trinajstić information content (AvgIpc) is 3.19. The van der Waals surface area contributed by atoms with Crippen molar-refractivity contribution in [2.24, 2.45) is 0 Å². The second-order valence-electron chi connectivity index (χ2n) is 9.60. The molecule has 6 nitrogen and oxygen atoms in total. The number of methoxy groups -OCH3 is 1. The molecule has 0 aliphatic carbocycles. The van der Waals surface area contributed by atoms with E-state index in [1.54, 1.807) is 30.2 Å².